The second-order valence-electron chi connectivity index (χ2n) is 4.87. The molecule has 19 heavy (non-hydrogen) atoms. The van der Waals surface area contributed by atoms with Crippen LogP contribution in [0, 0.1) is 5.82 Å². The largest absolute Gasteiger partial charge is 0.481 e. The van der Waals surface area contributed by atoms with Crippen LogP contribution in [-0.2, 0) is 4.74 Å². The lowest BCUT2D eigenvalue weighted by molar-refractivity contribution is -0.0305. The van der Waals surface area contributed by atoms with Gasteiger partial charge in [0.15, 0.2) is 5.82 Å². The van der Waals surface area contributed by atoms with Gasteiger partial charge in [-0.3, -0.25) is 4.79 Å². The topological polar surface area (TPSA) is 51.7 Å². The molecule has 3 heterocycles. The molecule has 2 aliphatic heterocycles. The first-order valence-electron chi connectivity index (χ1n) is 6.31. The second-order valence-corrected chi connectivity index (χ2v) is 4.87. The predicted molar refractivity (Wildman–Crippen MR) is 64.5 cm³/mol. The Hall–Kier alpha value is -1.69. The lowest BCUT2D eigenvalue weighted by Gasteiger charge is -2.32. The number of hydrogen-bond acceptors (Lipinski definition) is 4. The molecule has 5 nitrogen and oxygen atoms in total. The fraction of sp³-hybridized carbons (Fsp3) is 0.538. The molecule has 0 N–H and O–H groups in total. The van der Waals surface area contributed by atoms with Crippen LogP contribution in [0.25, 0.3) is 0 Å². The molecule has 2 saturated heterocycles. The Morgan fingerprint density at radius 3 is 2.79 bits per heavy atom. The minimum absolute atomic E-state index is 0.00755. The van der Waals surface area contributed by atoms with E-state index in [1.807, 2.05) is 0 Å². The molecule has 0 saturated carbocycles. The average molecular weight is 266 g/mol. The van der Waals surface area contributed by atoms with Crippen molar-refractivity contribution < 1.29 is 18.7 Å². The molecule has 0 radical (unpaired) electrons. The van der Waals surface area contributed by atoms with Crippen LogP contribution in [0.15, 0.2) is 12.3 Å². The first kappa shape index (κ1) is 12.3. The van der Waals surface area contributed by atoms with Gasteiger partial charge < -0.3 is 14.4 Å². The number of hydrogen-bond donors (Lipinski definition) is 0. The Morgan fingerprint density at radius 1 is 1.47 bits per heavy atom. The standard InChI is InChI=1S/C13H15FN2O3/c1-18-12-4-10(11(14)5-15-12)13(17)16-6-8-2-3-9(7-16)19-8/h4-5,8-9H,2-3,6-7H2,1H3. The van der Waals surface area contributed by atoms with Crippen molar-refractivity contribution in [2.75, 3.05) is 20.2 Å². The fourth-order valence-corrected chi connectivity index (χ4v) is 2.65. The van der Waals surface area contributed by atoms with Crippen LogP contribution in [0.5, 0.6) is 5.88 Å². The van der Waals surface area contributed by atoms with Crippen molar-refractivity contribution in [2.24, 2.45) is 0 Å². The number of nitrogens with zero attached hydrogens (tertiary/aromatic N) is 2. The minimum atomic E-state index is -0.621. The number of methoxy groups -OCH3 is 1. The van der Waals surface area contributed by atoms with Crippen molar-refractivity contribution in [1.29, 1.82) is 0 Å². The van der Waals surface area contributed by atoms with Gasteiger partial charge in [-0.15, -0.1) is 0 Å². The Bertz CT molecular complexity index is 497. The van der Waals surface area contributed by atoms with Crippen LogP contribution in [0.3, 0.4) is 0 Å². The average Bonchev–Trinajstić information content (AvgIpc) is 2.77. The predicted octanol–water partition coefficient (Wildman–Crippen LogP) is 1.23. The number of ether oxygens (including phenoxy) is 2. The van der Waals surface area contributed by atoms with E-state index in [1.165, 1.54) is 13.2 Å². The van der Waals surface area contributed by atoms with Crippen LogP contribution < -0.4 is 4.74 Å². The van der Waals surface area contributed by atoms with E-state index < -0.39 is 5.82 Å². The van der Waals surface area contributed by atoms with Crippen molar-refractivity contribution in [3.05, 3.63) is 23.6 Å². The SMILES string of the molecule is COc1cc(C(=O)N2CC3CCC(C2)O3)c(F)cn1. The summed E-state index contributed by atoms with van der Waals surface area (Å²) < 4.78 is 24.3. The molecule has 3 rings (SSSR count). The lowest BCUT2D eigenvalue weighted by atomic mass is 10.2. The number of fused-ring (bicyclic) bond motifs is 2. The van der Waals surface area contributed by atoms with Gasteiger partial charge in [-0.2, -0.15) is 0 Å². The van der Waals surface area contributed by atoms with Gasteiger partial charge in [-0.25, -0.2) is 9.37 Å². The van der Waals surface area contributed by atoms with E-state index in [1.54, 1.807) is 4.90 Å². The number of likely N-dealkylation sites (tertiary alicyclic amines) is 1. The van der Waals surface area contributed by atoms with Gasteiger partial charge in [0, 0.05) is 19.2 Å². The van der Waals surface area contributed by atoms with Crippen molar-refractivity contribution in [3.8, 4) is 5.88 Å². The number of halogens is 1. The molecule has 2 atom stereocenters. The molecular formula is C13H15FN2O3. The Kier molecular flexibility index (Phi) is 3.10. The van der Waals surface area contributed by atoms with Crippen LogP contribution in [0.4, 0.5) is 4.39 Å². The maximum absolute atomic E-state index is 13.7. The number of pyridine rings is 1. The summed E-state index contributed by atoms with van der Waals surface area (Å²) in [5.41, 5.74) is 0.00755. The zero-order valence-corrected chi connectivity index (χ0v) is 10.6. The Balaban J connectivity index is 1.83. The maximum atomic E-state index is 13.7. The number of aromatic nitrogens is 1. The minimum Gasteiger partial charge on any atom is -0.481 e. The Labute approximate surface area is 110 Å². The van der Waals surface area contributed by atoms with Gasteiger partial charge in [-0.1, -0.05) is 0 Å². The third kappa shape index (κ3) is 2.28. The lowest BCUT2D eigenvalue weighted by Crippen LogP contribution is -2.46. The molecule has 0 aliphatic carbocycles. The number of morpholine rings is 1. The first-order valence-corrected chi connectivity index (χ1v) is 6.31. The smallest absolute Gasteiger partial charge is 0.257 e. The molecule has 2 unspecified atom stereocenters. The highest BCUT2D eigenvalue weighted by atomic mass is 19.1. The normalized spacial score (nSPS) is 25.5. The molecule has 0 spiro atoms. The molecule has 1 aromatic rings. The maximum Gasteiger partial charge on any atom is 0.257 e. The van der Waals surface area contributed by atoms with Gasteiger partial charge in [0.1, 0.15) is 0 Å². The van der Waals surface area contributed by atoms with Gasteiger partial charge in [-0.05, 0) is 12.8 Å². The number of amides is 1. The van der Waals surface area contributed by atoms with Crippen molar-refractivity contribution in [1.82, 2.24) is 9.88 Å². The highest BCUT2D eigenvalue weighted by molar-refractivity contribution is 5.94. The zero-order valence-electron chi connectivity index (χ0n) is 10.6. The molecule has 2 bridgehead atoms. The first-order chi connectivity index (χ1) is 9.17. The summed E-state index contributed by atoms with van der Waals surface area (Å²) in [5.74, 6) is -0.705. The molecule has 6 heteroatoms. The summed E-state index contributed by atoms with van der Waals surface area (Å²) in [6, 6.07) is 1.34. The van der Waals surface area contributed by atoms with Crippen LogP contribution in [0.2, 0.25) is 0 Å². The molecule has 0 aromatic carbocycles. The van der Waals surface area contributed by atoms with E-state index in [0.29, 0.717) is 13.1 Å². The summed E-state index contributed by atoms with van der Waals surface area (Å²) >= 11 is 0. The fourth-order valence-electron chi connectivity index (χ4n) is 2.65. The van der Waals surface area contributed by atoms with E-state index in [-0.39, 0.29) is 29.6 Å². The number of rotatable bonds is 2. The molecule has 2 aliphatic rings. The second kappa shape index (κ2) is 4.77. The van der Waals surface area contributed by atoms with E-state index in [2.05, 4.69) is 4.98 Å². The molecular weight excluding hydrogens is 251 g/mol. The van der Waals surface area contributed by atoms with Gasteiger partial charge in [0.05, 0.1) is 31.1 Å². The van der Waals surface area contributed by atoms with E-state index in [4.69, 9.17) is 9.47 Å². The number of carbonyl (C=O) groups is 1. The van der Waals surface area contributed by atoms with Crippen LogP contribution in [-0.4, -0.2) is 48.2 Å². The van der Waals surface area contributed by atoms with Gasteiger partial charge in [0.25, 0.3) is 5.91 Å². The third-order valence-corrected chi connectivity index (χ3v) is 3.60. The highest BCUT2D eigenvalue weighted by Crippen LogP contribution is 2.27. The summed E-state index contributed by atoms with van der Waals surface area (Å²) in [6.45, 7) is 1.05. The zero-order chi connectivity index (χ0) is 13.4. The van der Waals surface area contributed by atoms with Gasteiger partial charge in [0.2, 0.25) is 5.88 Å². The monoisotopic (exact) mass is 266 g/mol. The van der Waals surface area contributed by atoms with Crippen molar-refractivity contribution in [3.63, 3.8) is 0 Å². The highest BCUT2D eigenvalue weighted by Gasteiger charge is 2.36. The molecule has 1 amide bonds. The van der Waals surface area contributed by atoms with Crippen molar-refractivity contribution in [2.45, 2.75) is 25.0 Å². The van der Waals surface area contributed by atoms with Crippen LogP contribution >= 0.6 is 0 Å². The Morgan fingerprint density at radius 2 is 2.16 bits per heavy atom. The summed E-state index contributed by atoms with van der Waals surface area (Å²) in [7, 11) is 1.43. The van der Waals surface area contributed by atoms with Crippen molar-refractivity contribution >= 4 is 5.91 Å². The summed E-state index contributed by atoms with van der Waals surface area (Å²) in [6.07, 6.45) is 3.14. The van der Waals surface area contributed by atoms with Crippen LogP contribution in [0.1, 0.15) is 23.2 Å². The van der Waals surface area contributed by atoms with E-state index in [9.17, 15) is 9.18 Å². The van der Waals surface area contributed by atoms with Gasteiger partial charge >= 0.3 is 0 Å². The number of carbonyl (C=O) groups excluding carboxylic acids is 1. The van der Waals surface area contributed by atoms with E-state index in [0.717, 1.165) is 19.0 Å². The van der Waals surface area contributed by atoms with E-state index >= 15 is 0 Å². The summed E-state index contributed by atoms with van der Waals surface area (Å²) in [5, 5.41) is 0. The molecule has 2 fully saturated rings. The molecule has 102 valence electrons. The molecule has 1 aromatic heterocycles. The summed E-state index contributed by atoms with van der Waals surface area (Å²) in [4.78, 5) is 17.7. The third-order valence-electron chi connectivity index (χ3n) is 3.60. The quantitative estimate of drug-likeness (QED) is 0.808.